The Balaban J connectivity index is 1.82. The van der Waals surface area contributed by atoms with Crippen LogP contribution in [-0.2, 0) is 11.0 Å². The van der Waals surface area contributed by atoms with E-state index in [4.69, 9.17) is 4.74 Å². The molecule has 0 aliphatic carbocycles. The lowest BCUT2D eigenvalue weighted by atomic mass is 10.1. The molecule has 7 nitrogen and oxygen atoms in total. The molecule has 1 aliphatic heterocycles. The smallest absolute Gasteiger partial charge is 0.276 e. The molecule has 28 heavy (non-hydrogen) atoms. The molecular formula is C17H16F3N5O2S. The first-order valence-corrected chi connectivity index (χ1v) is 9.58. The summed E-state index contributed by atoms with van der Waals surface area (Å²) in [6.07, 6.45) is -1.44. The zero-order valence-electron chi connectivity index (χ0n) is 14.6. The summed E-state index contributed by atoms with van der Waals surface area (Å²) < 4.78 is 62.8. The summed E-state index contributed by atoms with van der Waals surface area (Å²) in [5.41, 5.74) is 0.678. The van der Waals surface area contributed by atoms with Gasteiger partial charge in [-0.05, 0) is 31.2 Å². The molecule has 1 aromatic carbocycles. The van der Waals surface area contributed by atoms with E-state index in [0.29, 0.717) is 17.0 Å². The number of rotatable bonds is 1. The molecule has 1 aliphatic rings. The van der Waals surface area contributed by atoms with Gasteiger partial charge in [0.15, 0.2) is 11.8 Å². The van der Waals surface area contributed by atoms with Gasteiger partial charge >= 0.3 is 0 Å². The van der Waals surface area contributed by atoms with Crippen LogP contribution in [-0.4, -0.2) is 37.9 Å². The van der Waals surface area contributed by atoms with Crippen LogP contribution in [0.3, 0.4) is 0 Å². The SMILES string of the molecule is C[C@H]1Nc2ccn3ncc(c3n2)S(=O)NC[C@H](C(F)F)Oc2ccc(F)cc21. The molecule has 0 spiro atoms. The number of nitrogens with zero attached hydrogens (tertiary/aromatic N) is 3. The van der Waals surface area contributed by atoms with Crippen LogP contribution in [0.1, 0.15) is 18.5 Å². The van der Waals surface area contributed by atoms with Gasteiger partial charge in [0.2, 0.25) is 0 Å². The summed E-state index contributed by atoms with van der Waals surface area (Å²) >= 11 is 0. The van der Waals surface area contributed by atoms with E-state index in [0.717, 1.165) is 6.07 Å². The lowest BCUT2D eigenvalue weighted by Crippen LogP contribution is -2.38. The van der Waals surface area contributed by atoms with Crippen LogP contribution in [0.2, 0.25) is 0 Å². The van der Waals surface area contributed by atoms with Crippen molar-refractivity contribution in [1.82, 2.24) is 19.3 Å². The molecular weight excluding hydrogens is 395 g/mol. The summed E-state index contributed by atoms with van der Waals surface area (Å²) in [6.45, 7) is 1.35. The van der Waals surface area contributed by atoms with Crippen LogP contribution in [0, 0.1) is 5.82 Å². The maximum absolute atomic E-state index is 13.8. The number of hydrogen-bond donors (Lipinski definition) is 2. The molecule has 4 rings (SSSR count). The molecule has 3 atom stereocenters. The highest BCUT2D eigenvalue weighted by Crippen LogP contribution is 2.30. The number of fused-ring (bicyclic) bond motifs is 2. The summed E-state index contributed by atoms with van der Waals surface area (Å²) in [5, 5.41) is 7.16. The van der Waals surface area contributed by atoms with E-state index in [1.165, 1.54) is 22.8 Å². The number of anilines is 1. The Labute approximate surface area is 160 Å². The number of ether oxygens (including phenoxy) is 1. The van der Waals surface area contributed by atoms with Gasteiger partial charge in [0, 0.05) is 11.8 Å². The summed E-state index contributed by atoms with van der Waals surface area (Å²) in [5.74, 6) is 0.0239. The van der Waals surface area contributed by atoms with E-state index >= 15 is 0 Å². The van der Waals surface area contributed by atoms with Crippen molar-refractivity contribution < 1.29 is 22.1 Å². The number of nitrogens with one attached hydrogen (secondary N) is 2. The van der Waals surface area contributed by atoms with Crippen LogP contribution in [0.25, 0.3) is 5.65 Å². The van der Waals surface area contributed by atoms with Crippen molar-refractivity contribution in [1.29, 1.82) is 0 Å². The number of halogens is 3. The van der Waals surface area contributed by atoms with Crippen LogP contribution < -0.4 is 14.8 Å². The van der Waals surface area contributed by atoms with E-state index in [1.807, 2.05) is 0 Å². The van der Waals surface area contributed by atoms with Gasteiger partial charge in [-0.3, -0.25) is 0 Å². The fourth-order valence-electron chi connectivity index (χ4n) is 2.90. The maximum atomic E-state index is 13.8. The zero-order chi connectivity index (χ0) is 19.8. The lowest BCUT2D eigenvalue weighted by Gasteiger charge is -2.23. The van der Waals surface area contributed by atoms with Crippen LogP contribution >= 0.6 is 0 Å². The van der Waals surface area contributed by atoms with Gasteiger partial charge in [-0.2, -0.15) is 5.10 Å². The molecule has 0 amide bonds. The third-order valence-corrected chi connectivity index (χ3v) is 5.43. The minimum absolute atomic E-state index is 0.114. The van der Waals surface area contributed by atoms with Crippen molar-refractivity contribution in [3.05, 3.63) is 48.0 Å². The predicted molar refractivity (Wildman–Crippen MR) is 96.3 cm³/mol. The number of aromatic nitrogens is 3. The predicted octanol–water partition coefficient (Wildman–Crippen LogP) is 2.68. The molecule has 2 aromatic heterocycles. The number of benzene rings is 1. The molecule has 2 bridgehead atoms. The fourth-order valence-corrected chi connectivity index (χ4v) is 3.82. The van der Waals surface area contributed by atoms with Crippen LogP contribution in [0.15, 0.2) is 41.6 Å². The van der Waals surface area contributed by atoms with E-state index < -0.39 is 35.4 Å². The highest BCUT2D eigenvalue weighted by molar-refractivity contribution is 7.83. The Kier molecular flexibility index (Phi) is 4.94. The van der Waals surface area contributed by atoms with Crippen molar-refractivity contribution in [3.63, 3.8) is 0 Å². The summed E-state index contributed by atoms with van der Waals surface area (Å²) in [4.78, 5) is 4.66. The van der Waals surface area contributed by atoms with Crippen molar-refractivity contribution in [3.8, 4) is 5.75 Å². The molecule has 3 aromatic rings. The minimum atomic E-state index is -2.85. The Hall–Kier alpha value is -2.66. The van der Waals surface area contributed by atoms with E-state index in [-0.39, 0.29) is 17.2 Å². The first-order chi connectivity index (χ1) is 13.4. The highest BCUT2D eigenvalue weighted by Gasteiger charge is 2.27. The maximum Gasteiger partial charge on any atom is 0.276 e. The average molecular weight is 411 g/mol. The quantitative estimate of drug-likeness (QED) is 0.644. The second-order valence-electron chi connectivity index (χ2n) is 6.25. The molecule has 0 saturated heterocycles. The van der Waals surface area contributed by atoms with E-state index in [1.54, 1.807) is 19.2 Å². The van der Waals surface area contributed by atoms with Crippen molar-refractivity contribution >= 4 is 22.5 Å². The zero-order valence-corrected chi connectivity index (χ0v) is 15.4. The largest absolute Gasteiger partial charge is 0.483 e. The molecule has 0 fully saturated rings. The molecule has 0 radical (unpaired) electrons. The van der Waals surface area contributed by atoms with Crippen molar-refractivity contribution in [2.24, 2.45) is 0 Å². The minimum Gasteiger partial charge on any atom is -0.483 e. The Morgan fingerprint density at radius 3 is 2.96 bits per heavy atom. The molecule has 148 valence electrons. The Bertz CT molecular complexity index is 1040. The van der Waals surface area contributed by atoms with Crippen molar-refractivity contribution in [2.75, 3.05) is 11.9 Å². The summed E-state index contributed by atoms with van der Waals surface area (Å²) in [7, 11) is -1.82. The molecule has 1 unspecified atom stereocenters. The van der Waals surface area contributed by atoms with Gasteiger partial charge in [0.25, 0.3) is 6.43 Å². The van der Waals surface area contributed by atoms with Crippen molar-refractivity contribution in [2.45, 2.75) is 30.4 Å². The number of hydrogen-bond acceptors (Lipinski definition) is 5. The van der Waals surface area contributed by atoms with Gasteiger partial charge in [0.05, 0.1) is 18.8 Å². The summed E-state index contributed by atoms with van der Waals surface area (Å²) in [6, 6.07) is 4.83. The van der Waals surface area contributed by atoms with Gasteiger partial charge in [-0.25, -0.2) is 31.6 Å². The Morgan fingerprint density at radius 2 is 2.18 bits per heavy atom. The standard InChI is InChI=1S/C17H16F3N5O2S/c1-9-11-6-10(18)2-3-12(11)27-13(16(19)20)7-22-28(26)14-8-21-25-5-4-15(23-9)24-17(14)25/h2-6,8-9,13,16,22H,7H2,1H3,(H,23,24)/t9-,13-,28?/m1/s1. The van der Waals surface area contributed by atoms with Gasteiger partial charge in [-0.1, -0.05) is 0 Å². The van der Waals surface area contributed by atoms with Crippen LogP contribution in [0.4, 0.5) is 19.0 Å². The average Bonchev–Trinajstić information content (AvgIpc) is 3.08. The van der Waals surface area contributed by atoms with E-state index in [9.17, 15) is 17.4 Å². The molecule has 2 N–H and O–H groups in total. The highest BCUT2D eigenvalue weighted by atomic mass is 32.2. The third kappa shape index (κ3) is 3.54. The third-order valence-electron chi connectivity index (χ3n) is 4.31. The normalized spacial score (nSPS) is 22.7. The number of alkyl halides is 2. The molecule has 0 saturated carbocycles. The first-order valence-electron chi connectivity index (χ1n) is 8.43. The van der Waals surface area contributed by atoms with Crippen LogP contribution in [0.5, 0.6) is 5.75 Å². The van der Waals surface area contributed by atoms with Gasteiger partial charge in [0.1, 0.15) is 33.3 Å². The van der Waals surface area contributed by atoms with Gasteiger partial charge < -0.3 is 10.1 Å². The second-order valence-corrected chi connectivity index (χ2v) is 7.51. The topological polar surface area (TPSA) is 80.5 Å². The molecule has 11 heteroatoms. The van der Waals surface area contributed by atoms with E-state index in [2.05, 4.69) is 20.1 Å². The Morgan fingerprint density at radius 1 is 1.36 bits per heavy atom. The molecule has 3 heterocycles. The fraction of sp³-hybridized carbons (Fsp3) is 0.294. The monoisotopic (exact) mass is 411 g/mol. The van der Waals surface area contributed by atoms with Gasteiger partial charge in [-0.15, -0.1) is 0 Å². The first kappa shape index (κ1) is 18.7. The lowest BCUT2D eigenvalue weighted by molar-refractivity contribution is 0.0147. The second kappa shape index (κ2) is 7.40.